The first-order valence-electron chi connectivity index (χ1n) is 5.27. The Bertz CT molecular complexity index is 580. The molecule has 0 aliphatic rings. The molecular formula is C14H11N3. The summed E-state index contributed by atoms with van der Waals surface area (Å²) in [5, 5.41) is 17.2. The minimum Gasteiger partial charge on any atom is -0.192 e. The lowest BCUT2D eigenvalue weighted by Gasteiger charge is -1.97. The second kappa shape index (κ2) is 5.04. The van der Waals surface area contributed by atoms with Crippen LogP contribution in [0.1, 0.15) is 11.1 Å². The van der Waals surface area contributed by atoms with Crippen LogP contribution in [0.4, 0.5) is 11.4 Å². The van der Waals surface area contributed by atoms with Crippen LogP contribution in [-0.4, -0.2) is 0 Å². The molecule has 17 heavy (non-hydrogen) atoms. The van der Waals surface area contributed by atoms with Crippen molar-refractivity contribution in [1.29, 1.82) is 5.26 Å². The maximum atomic E-state index is 8.99. The molecule has 2 aromatic carbocycles. The average Bonchev–Trinajstić information content (AvgIpc) is 2.38. The average molecular weight is 221 g/mol. The molecule has 2 rings (SSSR count). The summed E-state index contributed by atoms with van der Waals surface area (Å²) in [6.45, 7) is 1.94. The van der Waals surface area contributed by atoms with Crippen LogP contribution in [0.15, 0.2) is 58.8 Å². The zero-order chi connectivity index (χ0) is 12.1. The maximum absolute atomic E-state index is 8.99. The zero-order valence-electron chi connectivity index (χ0n) is 9.46. The molecule has 0 aliphatic heterocycles. The number of nitriles is 1. The predicted octanol–water partition coefficient (Wildman–Crippen LogP) is 4.28. The molecule has 0 aliphatic carbocycles. The molecule has 0 heterocycles. The molecule has 2 aromatic rings. The molecule has 3 heteroatoms. The molecule has 0 radical (unpaired) electrons. The van der Waals surface area contributed by atoms with E-state index in [2.05, 4.69) is 16.3 Å². The van der Waals surface area contributed by atoms with Crippen LogP contribution in [-0.2, 0) is 0 Å². The third kappa shape index (κ3) is 2.76. The number of nitrogens with zero attached hydrogens (tertiary/aromatic N) is 3. The fourth-order valence-electron chi connectivity index (χ4n) is 1.43. The SMILES string of the molecule is Cc1ccc(N=Nc2ccccc2)c(C#N)c1. The van der Waals surface area contributed by atoms with Crippen molar-refractivity contribution in [3.05, 3.63) is 59.7 Å². The number of rotatable bonds is 2. The van der Waals surface area contributed by atoms with E-state index in [1.807, 2.05) is 43.3 Å². The van der Waals surface area contributed by atoms with Crippen molar-refractivity contribution in [1.82, 2.24) is 0 Å². The summed E-state index contributed by atoms with van der Waals surface area (Å²) < 4.78 is 0. The van der Waals surface area contributed by atoms with Gasteiger partial charge >= 0.3 is 0 Å². The van der Waals surface area contributed by atoms with Gasteiger partial charge in [-0.15, -0.1) is 5.11 Å². The van der Waals surface area contributed by atoms with Gasteiger partial charge in [0.2, 0.25) is 0 Å². The number of azo groups is 1. The Morgan fingerprint density at radius 3 is 2.47 bits per heavy atom. The minimum absolute atomic E-state index is 0.546. The van der Waals surface area contributed by atoms with Gasteiger partial charge in [0.25, 0.3) is 0 Å². The Hall–Kier alpha value is -2.47. The lowest BCUT2D eigenvalue weighted by molar-refractivity contribution is 1.22. The van der Waals surface area contributed by atoms with Crippen LogP contribution in [0.5, 0.6) is 0 Å². The largest absolute Gasteiger partial charge is 0.192 e. The maximum Gasteiger partial charge on any atom is 0.103 e. The second-order valence-electron chi connectivity index (χ2n) is 3.67. The summed E-state index contributed by atoms with van der Waals surface area (Å²) in [7, 11) is 0. The van der Waals surface area contributed by atoms with E-state index in [0.29, 0.717) is 11.3 Å². The Labute approximate surface area is 100 Å². The number of hydrogen-bond acceptors (Lipinski definition) is 3. The van der Waals surface area contributed by atoms with Crippen LogP contribution in [0.2, 0.25) is 0 Å². The van der Waals surface area contributed by atoms with Crippen LogP contribution in [0.25, 0.3) is 0 Å². The third-order valence-electron chi connectivity index (χ3n) is 2.30. The van der Waals surface area contributed by atoms with Gasteiger partial charge in [-0.1, -0.05) is 24.3 Å². The summed E-state index contributed by atoms with van der Waals surface area (Å²) >= 11 is 0. The van der Waals surface area contributed by atoms with E-state index in [1.165, 1.54) is 0 Å². The van der Waals surface area contributed by atoms with E-state index in [1.54, 1.807) is 12.1 Å². The van der Waals surface area contributed by atoms with Gasteiger partial charge in [-0.3, -0.25) is 0 Å². The first-order chi connectivity index (χ1) is 8.29. The molecule has 0 fully saturated rings. The summed E-state index contributed by atoms with van der Waals surface area (Å²) in [5.74, 6) is 0. The van der Waals surface area contributed by atoms with Gasteiger partial charge in [-0.05, 0) is 36.8 Å². The minimum atomic E-state index is 0.546. The van der Waals surface area contributed by atoms with Gasteiger partial charge in [-0.2, -0.15) is 10.4 Å². The molecule has 3 nitrogen and oxygen atoms in total. The molecule has 0 atom stereocenters. The molecule has 0 spiro atoms. The van der Waals surface area contributed by atoms with Crippen molar-refractivity contribution in [2.45, 2.75) is 6.92 Å². The van der Waals surface area contributed by atoms with E-state index in [0.717, 1.165) is 11.3 Å². The Morgan fingerprint density at radius 1 is 1.00 bits per heavy atom. The van der Waals surface area contributed by atoms with Gasteiger partial charge in [0.15, 0.2) is 0 Å². The first-order valence-corrected chi connectivity index (χ1v) is 5.27. The highest BCUT2D eigenvalue weighted by atomic mass is 15.1. The summed E-state index contributed by atoms with van der Waals surface area (Å²) in [6, 6.07) is 17.1. The first kappa shape index (κ1) is 11.0. The Morgan fingerprint density at radius 2 is 1.76 bits per heavy atom. The molecular weight excluding hydrogens is 210 g/mol. The van der Waals surface area contributed by atoms with Crippen molar-refractivity contribution >= 4 is 11.4 Å². The van der Waals surface area contributed by atoms with Crippen molar-refractivity contribution in [2.24, 2.45) is 10.2 Å². The molecule has 0 saturated heterocycles. The molecule has 0 N–H and O–H groups in total. The lowest BCUT2D eigenvalue weighted by atomic mass is 10.1. The zero-order valence-corrected chi connectivity index (χ0v) is 9.46. The number of aryl methyl sites for hydroxylation is 1. The fraction of sp³-hybridized carbons (Fsp3) is 0.0714. The van der Waals surface area contributed by atoms with Crippen molar-refractivity contribution in [3.8, 4) is 6.07 Å². The smallest absolute Gasteiger partial charge is 0.103 e. The monoisotopic (exact) mass is 221 g/mol. The van der Waals surface area contributed by atoms with Gasteiger partial charge in [0.05, 0.1) is 11.3 Å². The van der Waals surface area contributed by atoms with Crippen LogP contribution in [0.3, 0.4) is 0 Å². The molecule has 0 bridgehead atoms. The fourth-order valence-corrected chi connectivity index (χ4v) is 1.43. The highest BCUT2D eigenvalue weighted by molar-refractivity contribution is 5.54. The van der Waals surface area contributed by atoms with Gasteiger partial charge < -0.3 is 0 Å². The van der Waals surface area contributed by atoms with E-state index in [4.69, 9.17) is 5.26 Å². The quantitative estimate of drug-likeness (QED) is 0.698. The molecule has 0 unspecified atom stereocenters. The lowest BCUT2D eigenvalue weighted by Crippen LogP contribution is -1.78. The van der Waals surface area contributed by atoms with E-state index in [9.17, 15) is 0 Å². The molecule has 0 aromatic heterocycles. The van der Waals surface area contributed by atoms with Crippen LogP contribution < -0.4 is 0 Å². The summed E-state index contributed by atoms with van der Waals surface area (Å²) in [6.07, 6.45) is 0. The normalized spacial score (nSPS) is 10.4. The molecule has 82 valence electrons. The van der Waals surface area contributed by atoms with Gasteiger partial charge in [0.1, 0.15) is 11.8 Å². The Kier molecular flexibility index (Phi) is 3.27. The standard InChI is InChI=1S/C14H11N3/c1-11-7-8-14(12(9-11)10-15)17-16-13-5-3-2-4-6-13/h2-9H,1H3. The van der Waals surface area contributed by atoms with Crippen molar-refractivity contribution < 1.29 is 0 Å². The molecule has 0 saturated carbocycles. The second-order valence-corrected chi connectivity index (χ2v) is 3.67. The third-order valence-corrected chi connectivity index (χ3v) is 2.30. The predicted molar refractivity (Wildman–Crippen MR) is 66.5 cm³/mol. The highest BCUT2D eigenvalue weighted by Gasteiger charge is 2.00. The van der Waals surface area contributed by atoms with Crippen molar-refractivity contribution in [3.63, 3.8) is 0 Å². The number of benzene rings is 2. The van der Waals surface area contributed by atoms with Crippen LogP contribution >= 0.6 is 0 Å². The number of hydrogen-bond donors (Lipinski definition) is 0. The summed E-state index contributed by atoms with van der Waals surface area (Å²) in [5.41, 5.74) is 2.96. The van der Waals surface area contributed by atoms with Crippen molar-refractivity contribution in [2.75, 3.05) is 0 Å². The van der Waals surface area contributed by atoms with Gasteiger partial charge in [0, 0.05) is 0 Å². The topological polar surface area (TPSA) is 48.5 Å². The molecule has 0 amide bonds. The van der Waals surface area contributed by atoms with E-state index < -0.39 is 0 Å². The Balaban J connectivity index is 2.31. The van der Waals surface area contributed by atoms with E-state index in [-0.39, 0.29) is 0 Å². The van der Waals surface area contributed by atoms with Crippen LogP contribution in [0, 0.1) is 18.3 Å². The summed E-state index contributed by atoms with van der Waals surface area (Å²) in [4.78, 5) is 0. The highest BCUT2D eigenvalue weighted by Crippen LogP contribution is 2.22. The van der Waals surface area contributed by atoms with Gasteiger partial charge in [-0.25, -0.2) is 0 Å². The van der Waals surface area contributed by atoms with E-state index >= 15 is 0 Å².